The van der Waals surface area contributed by atoms with Gasteiger partial charge >= 0.3 is 0 Å². The van der Waals surface area contributed by atoms with Gasteiger partial charge in [-0.3, -0.25) is 0 Å². The summed E-state index contributed by atoms with van der Waals surface area (Å²) in [6, 6.07) is -0.196. The van der Waals surface area contributed by atoms with Gasteiger partial charge in [-0.15, -0.1) is 0 Å². The van der Waals surface area contributed by atoms with Crippen molar-refractivity contribution in [3.05, 3.63) is 10.6 Å². The number of aliphatic hydroxyl groups is 1. The molecule has 0 fully saturated rings. The SMILES string of the molecule is COC1=N[C@H](C(C)C)C(OC)=N[C@H]1C[C@H]1C=C(Br)C(O)CC1. The highest BCUT2D eigenvalue weighted by Gasteiger charge is 2.32. The zero-order valence-corrected chi connectivity index (χ0v) is 15.2. The number of hydrogen-bond donors (Lipinski definition) is 1. The van der Waals surface area contributed by atoms with E-state index >= 15 is 0 Å². The molecule has 0 amide bonds. The number of rotatable bonds is 3. The van der Waals surface area contributed by atoms with Gasteiger partial charge in [-0.2, -0.15) is 0 Å². The molecule has 2 rings (SSSR count). The molecule has 0 radical (unpaired) electrons. The van der Waals surface area contributed by atoms with Crippen molar-refractivity contribution < 1.29 is 14.6 Å². The highest BCUT2D eigenvalue weighted by Crippen LogP contribution is 2.31. The monoisotopic (exact) mass is 372 g/mol. The standard InChI is InChI=1S/C16H25BrN2O3/c1-9(2)14-16(22-4)18-12(15(19-14)21-3)8-10-5-6-13(20)11(17)7-10/h7,9-10,12-14,20H,5-6,8H2,1-4H3/t10-,12+,13?,14-/m1/s1. The van der Waals surface area contributed by atoms with Crippen LogP contribution >= 0.6 is 15.9 Å². The van der Waals surface area contributed by atoms with E-state index in [-0.39, 0.29) is 18.2 Å². The lowest BCUT2D eigenvalue weighted by Crippen LogP contribution is -2.38. The van der Waals surface area contributed by atoms with Crippen LogP contribution in [0.15, 0.2) is 20.5 Å². The first-order valence-electron chi connectivity index (χ1n) is 7.74. The van der Waals surface area contributed by atoms with E-state index in [1.807, 2.05) is 0 Å². The second kappa shape index (κ2) is 7.59. The highest BCUT2D eigenvalue weighted by molar-refractivity contribution is 9.11. The quantitative estimate of drug-likeness (QED) is 0.828. The number of ether oxygens (including phenoxy) is 2. The van der Waals surface area contributed by atoms with Crippen molar-refractivity contribution in [1.82, 2.24) is 0 Å². The summed E-state index contributed by atoms with van der Waals surface area (Å²) in [5, 5.41) is 9.76. The molecule has 6 heteroatoms. The van der Waals surface area contributed by atoms with E-state index in [4.69, 9.17) is 14.5 Å². The van der Waals surface area contributed by atoms with Crippen molar-refractivity contribution in [3.8, 4) is 0 Å². The maximum Gasteiger partial charge on any atom is 0.209 e. The van der Waals surface area contributed by atoms with E-state index in [1.165, 1.54) is 0 Å². The van der Waals surface area contributed by atoms with Crippen LogP contribution in [-0.2, 0) is 9.47 Å². The van der Waals surface area contributed by atoms with Crippen LogP contribution in [0.25, 0.3) is 0 Å². The van der Waals surface area contributed by atoms with Gasteiger partial charge in [0.2, 0.25) is 11.8 Å². The Morgan fingerprint density at radius 3 is 2.45 bits per heavy atom. The van der Waals surface area contributed by atoms with Crippen LogP contribution < -0.4 is 0 Å². The van der Waals surface area contributed by atoms with Crippen molar-refractivity contribution in [2.24, 2.45) is 21.8 Å². The summed E-state index contributed by atoms with van der Waals surface area (Å²) in [6.07, 6.45) is 4.23. The predicted octanol–water partition coefficient (Wildman–Crippen LogP) is 2.92. The zero-order valence-electron chi connectivity index (χ0n) is 13.6. The number of hydrogen-bond acceptors (Lipinski definition) is 5. The molecule has 0 saturated heterocycles. The Hall–Kier alpha value is -0.880. The lowest BCUT2D eigenvalue weighted by Gasteiger charge is -2.30. The molecule has 1 N–H and O–H groups in total. The maximum absolute atomic E-state index is 9.76. The van der Waals surface area contributed by atoms with Crippen LogP contribution in [0.4, 0.5) is 0 Å². The van der Waals surface area contributed by atoms with Crippen LogP contribution in [0, 0.1) is 11.8 Å². The Morgan fingerprint density at radius 1 is 1.23 bits per heavy atom. The van der Waals surface area contributed by atoms with Crippen LogP contribution in [0.5, 0.6) is 0 Å². The Balaban J connectivity index is 2.16. The fourth-order valence-electron chi connectivity index (χ4n) is 2.92. The van der Waals surface area contributed by atoms with Crippen LogP contribution in [0.1, 0.15) is 33.1 Å². The minimum Gasteiger partial charge on any atom is -0.483 e. The predicted molar refractivity (Wildman–Crippen MR) is 91.7 cm³/mol. The minimum absolute atomic E-state index is 0.0772. The maximum atomic E-state index is 9.76. The molecule has 0 aromatic heterocycles. The van der Waals surface area contributed by atoms with Gasteiger partial charge in [0.05, 0.1) is 20.3 Å². The first-order chi connectivity index (χ1) is 10.5. The Morgan fingerprint density at radius 2 is 1.91 bits per heavy atom. The fraction of sp³-hybridized carbons (Fsp3) is 0.750. The number of nitrogens with zero attached hydrogens (tertiary/aromatic N) is 2. The molecule has 0 aromatic rings. The number of halogens is 1. The van der Waals surface area contributed by atoms with E-state index in [0.717, 1.165) is 23.7 Å². The molecule has 0 bridgehead atoms. The third kappa shape index (κ3) is 3.90. The van der Waals surface area contributed by atoms with Crippen molar-refractivity contribution in [1.29, 1.82) is 0 Å². The second-order valence-electron chi connectivity index (χ2n) is 6.19. The summed E-state index contributed by atoms with van der Waals surface area (Å²) in [5.41, 5.74) is 0. The van der Waals surface area contributed by atoms with Gasteiger partial charge in [-0.05, 0) is 31.1 Å². The van der Waals surface area contributed by atoms with Gasteiger partial charge in [0.15, 0.2) is 0 Å². The molecule has 22 heavy (non-hydrogen) atoms. The molecule has 2 aliphatic rings. The normalized spacial score (nSPS) is 32.2. The average molecular weight is 373 g/mol. The summed E-state index contributed by atoms with van der Waals surface area (Å²) in [6.45, 7) is 4.19. The van der Waals surface area contributed by atoms with Crippen molar-refractivity contribution in [2.45, 2.75) is 51.3 Å². The lowest BCUT2D eigenvalue weighted by atomic mass is 9.88. The van der Waals surface area contributed by atoms with E-state index in [9.17, 15) is 5.11 Å². The Bertz CT molecular complexity index is 488. The number of allylic oxidation sites excluding steroid dienone is 1. The highest BCUT2D eigenvalue weighted by atomic mass is 79.9. The molecular weight excluding hydrogens is 348 g/mol. The van der Waals surface area contributed by atoms with E-state index in [2.05, 4.69) is 40.8 Å². The summed E-state index contributed by atoms with van der Waals surface area (Å²) in [5.74, 6) is 2.01. The molecule has 0 aromatic carbocycles. The van der Waals surface area contributed by atoms with Gasteiger partial charge < -0.3 is 14.6 Å². The lowest BCUT2D eigenvalue weighted by molar-refractivity contribution is 0.189. The molecular formula is C16H25BrN2O3. The number of aliphatic hydroxyl groups excluding tert-OH is 1. The summed E-state index contributed by atoms with van der Waals surface area (Å²) in [7, 11) is 3.29. The topological polar surface area (TPSA) is 63.4 Å². The third-order valence-electron chi connectivity index (χ3n) is 4.19. The third-order valence-corrected chi connectivity index (χ3v) is 4.98. The molecule has 1 unspecified atom stereocenters. The molecule has 0 spiro atoms. The van der Waals surface area contributed by atoms with Crippen molar-refractivity contribution >= 4 is 27.7 Å². The first kappa shape index (κ1) is 17.5. The van der Waals surface area contributed by atoms with Crippen LogP contribution in [0.2, 0.25) is 0 Å². The number of aliphatic imine (C=N–C) groups is 2. The molecule has 124 valence electrons. The Labute approximate surface area is 140 Å². The van der Waals surface area contributed by atoms with E-state index in [0.29, 0.717) is 23.6 Å². The Kier molecular flexibility index (Phi) is 6.03. The van der Waals surface area contributed by atoms with E-state index < -0.39 is 0 Å². The van der Waals surface area contributed by atoms with Crippen molar-refractivity contribution in [2.75, 3.05) is 14.2 Å². The molecule has 0 saturated carbocycles. The molecule has 5 nitrogen and oxygen atoms in total. The van der Waals surface area contributed by atoms with Gasteiger partial charge in [0.25, 0.3) is 0 Å². The van der Waals surface area contributed by atoms with Gasteiger partial charge in [-0.25, -0.2) is 9.98 Å². The summed E-state index contributed by atoms with van der Waals surface area (Å²) in [4.78, 5) is 9.41. The molecule has 1 aliphatic heterocycles. The first-order valence-corrected chi connectivity index (χ1v) is 8.54. The number of methoxy groups -OCH3 is 2. The average Bonchev–Trinajstić information content (AvgIpc) is 2.50. The van der Waals surface area contributed by atoms with Crippen LogP contribution in [-0.4, -0.2) is 49.3 Å². The zero-order chi connectivity index (χ0) is 16.3. The summed E-state index contributed by atoms with van der Waals surface area (Å²) < 4.78 is 11.8. The minimum atomic E-state index is -0.374. The molecule has 1 heterocycles. The smallest absolute Gasteiger partial charge is 0.209 e. The second-order valence-corrected chi connectivity index (χ2v) is 7.10. The fourth-order valence-corrected chi connectivity index (χ4v) is 3.52. The van der Waals surface area contributed by atoms with Gasteiger partial charge in [0, 0.05) is 4.48 Å². The summed E-state index contributed by atoms with van der Waals surface area (Å²) >= 11 is 3.43. The molecule has 1 aliphatic carbocycles. The van der Waals surface area contributed by atoms with Crippen LogP contribution in [0.3, 0.4) is 0 Å². The molecule has 4 atom stereocenters. The van der Waals surface area contributed by atoms with Gasteiger partial charge in [-0.1, -0.05) is 35.9 Å². The van der Waals surface area contributed by atoms with Crippen molar-refractivity contribution in [3.63, 3.8) is 0 Å². The largest absolute Gasteiger partial charge is 0.483 e. The van der Waals surface area contributed by atoms with Gasteiger partial charge in [0.1, 0.15) is 12.1 Å². The van der Waals surface area contributed by atoms with E-state index in [1.54, 1.807) is 14.2 Å².